The predicted octanol–water partition coefficient (Wildman–Crippen LogP) is 2.85. The SMILES string of the molecule is c1ccc2c(c1)CC1CNC23CCCCC13. The molecule has 1 nitrogen and oxygen atoms in total. The van der Waals surface area contributed by atoms with Crippen LogP contribution in [0.1, 0.15) is 36.8 Å². The number of rotatable bonds is 0. The van der Waals surface area contributed by atoms with Gasteiger partial charge in [0, 0.05) is 5.54 Å². The van der Waals surface area contributed by atoms with Crippen molar-refractivity contribution in [3.63, 3.8) is 0 Å². The van der Waals surface area contributed by atoms with Crippen LogP contribution in [0.5, 0.6) is 0 Å². The van der Waals surface area contributed by atoms with E-state index >= 15 is 0 Å². The Bertz CT molecular complexity index is 425. The molecule has 1 aromatic carbocycles. The molecule has 0 spiro atoms. The second kappa shape index (κ2) is 3.10. The molecule has 16 heavy (non-hydrogen) atoms. The highest BCUT2D eigenvalue weighted by molar-refractivity contribution is 5.40. The zero-order chi connectivity index (χ0) is 10.6. The van der Waals surface area contributed by atoms with Crippen LogP contribution in [-0.4, -0.2) is 6.54 Å². The maximum absolute atomic E-state index is 3.89. The lowest BCUT2D eigenvalue weighted by Crippen LogP contribution is -2.46. The lowest BCUT2D eigenvalue weighted by atomic mass is 9.61. The average Bonchev–Trinajstić information content (AvgIpc) is 2.63. The smallest absolute Gasteiger partial charge is 0.0469 e. The molecule has 3 aliphatic rings. The average molecular weight is 213 g/mol. The van der Waals surface area contributed by atoms with Crippen molar-refractivity contribution in [2.45, 2.75) is 37.6 Å². The molecule has 1 N–H and O–H groups in total. The highest BCUT2D eigenvalue weighted by Gasteiger charge is 2.53. The van der Waals surface area contributed by atoms with Gasteiger partial charge in [0.2, 0.25) is 0 Å². The van der Waals surface area contributed by atoms with Gasteiger partial charge in [0.05, 0.1) is 0 Å². The Balaban J connectivity index is 1.92. The Hall–Kier alpha value is -0.820. The fourth-order valence-electron chi connectivity index (χ4n) is 4.57. The normalized spacial score (nSPS) is 40.2. The number of hydrogen-bond acceptors (Lipinski definition) is 1. The Kier molecular flexibility index (Phi) is 1.79. The van der Waals surface area contributed by atoms with Crippen LogP contribution in [0, 0.1) is 11.8 Å². The van der Waals surface area contributed by atoms with Crippen molar-refractivity contribution in [2.75, 3.05) is 6.54 Å². The van der Waals surface area contributed by atoms with E-state index in [-0.39, 0.29) is 0 Å². The summed E-state index contributed by atoms with van der Waals surface area (Å²) >= 11 is 0. The standard InChI is InChI=1S/C15H19N/c1-2-6-13-11(5-1)9-12-10-16-15(13)8-4-3-7-14(12)15/h1-2,5-6,12,14,16H,3-4,7-10H2. The van der Waals surface area contributed by atoms with Gasteiger partial charge in [-0.05, 0) is 48.8 Å². The van der Waals surface area contributed by atoms with E-state index in [2.05, 4.69) is 29.6 Å². The summed E-state index contributed by atoms with van der Waals surface area (Å²) in [4.78, 5) is 0. The molecular formula is C15H19N. The molecule has 0 aromatic heterocycles. The fourth-order valence-corrected chi connectivity index (χ4v) is 4.57. The highest BCUT2D eigenvalue weighted by Crippen LogP contribution is 2.53. The van der Waals surface area contributed by atoms with Gasteiger partial charge >= 0.3 is 0 Å². The molecule has 2 aliphatic carbocycles. The summed E-state index contributed by atoms with van der Waals surface area (Å²) in [5.41, 5.74) is 3.63. The van der Waals surface area contributed by atoms with Crippen molar-refractivity contribution in [2.24, 2.45) is 11.8 Å². The van der Waals surface area contributed by atoms with Gasteiger partial charge in [0.15, 0.2) is 0 Å². The van der Waals surface area contributed by atoms with Crippen LogP contribution in [0.25, 0.3) is 0 Å². The van der Waals surface area contributed by atoms with E-state index in [4.69, 9.17) is 0 Å². The summed E-state index contributed by atoms with van der Waals surface area (Å²) in [6.07, 6.45) is 6.99. The Morgan fingerprint density at radius 3 is 3.12 bits per heavy atom. The number of benzene rings is 1. The molecule has 3 atom stereocenters. The van der Waals surface area contributed by atoms with Crippen LogP contribution in [0.15, 0.2) is 24.3 Å². The van der Waals surface area contributed by atoms with E-state index < -0.39 is 0 Å². The first-order valence-corrected chi connectivity index (χ1v) is 6.73. The highest BCUT2D eigenvalue weighted by atomic mass is 15.0. The van der Waals surface area contributed by atoms with Crippen molar-refractivity contribution in [1.29, 1.82) is 0 Å². The lowest BCUT2D eigenvalue weighted by molar-refractivity contribution is 0.154. The molecule has 84 valence electrons. The van der Waals surface area contributed by atoms with Crippen LogP contribution < -0.4 is 5.32 Å². The van der Waals surface area contributed by atoms with Crippen molar-refractivity contribution < 1.29 is 0 Å². The summed E-state index contributed by atoms with van der Waals surface area (Å²) < 4.78 is 0. The van der Waals surface area contributed by atoms with Crippen molar-refractivity contribution in [3.8, 4) is 0 Å². The topological polar surface area (TPSA) is 12.0 Å². The molecule has 2 bridgehead atoms. The molecule has 4 rings (SSSR count). The summed E-state index contributed by atoms with van der Waals surface area (Å²) in [7, 11) is 0. The predicted molar refractivity (Wildman–Crippen MR) is 65.3 cm³/mol. The zero-order valence-electron chi connectivity index (χ0n) is 9.71. The van der Waals surface area contributed by atoms with E-state index in [0.29, 0.717) is 5.54 Å². The van der Waals surface area contributed by atoms with Gasteiger partial charge in [0.25, 0.3) is 0 Å². The van der Waals surface area contributed by atoms with E-state index in [0.717, 1.165) is 11.8 Å². The first kappa shape index (κ1) is 9.23. The monoisotopic (exact) mass is 213 g/mol. The third-order valence-corrected chi connectivity index (χ3v) is 5.20. The summed E-state index contributed by atoms with van der Waals surface area (Å²) in [6, 6.07) is 9.15. The van der Waals surface area contributed by atoms with Crippen LogP contribution in [0.3, 0.4) is 0 Å². The molecule has 1 aromatic rings. The van der Waals surface area contributed by atoms with Crippen molar-refractivity contribution in [1.82, 2.24) is 5.32 Å². The van der Waals surface area contributed by atoms with Gasteiger partial charge in [-0.2, -0.15) is 0 Å². The van der Waals surface area contributed by atoms with E-state index in [1.165, 1.54) is 38.6 Å². The summed E-state index contributed by atoms with van der Waals surface area (Å²) in [6.45, 7) is 1.25. The molecule has 1 aliphatic heterocycles. The van der Waals surface area contributed by atoms with Gasteiger partial charge < -0.3 is 5.32 Å². The van der Waals surface area contributed by atoms with Gasteiger partial charge in [-0.1, -0.05) is 37.1 Å². The van der Waals surface area contributed by atoms with E-state index in [9.17, 15) is 0 Å². The summed E-state index contributed by atoms with van der Waals surface area (Å²) in [5, 5.41) is 3.89. The minimum atomic E-state index is 0.373. The molecule has 0 amide bonds. The Morgan fingerprint density at radius 1 is 1.19 bits per heavy atom. The molecule has 1 saturated carbocycles. The number of hydrogen-bond donors (Lipinski definition) is 1. The molecule has 1 heteroatoms. The van der Waals surface area contributed by atoms with E-state index in [1.807, 2.05) is 0 Å². The lowest BCUT2D eigenvalue weighted by Gasteiger charge is -2.45. The minimum Gasteiger partial charge on any atom is -0.307 e. The quantitative estimate of drug-likeness (QED) is 0.699. The van der Waals surface area contributed by atoms with Crippen molar-refractivity contribution in [3.05, 3.63) is 35.4 Å². The van der Waals surface area contributed by atoms with E-state index in [1.54, 1.807) is 11.1 Å². The van der Waals surface area contributed by atoms with Crippen LogP contribution in [0.4, 0.5) is 0 Å². The maximum Gasteiger partial charge on any atom is 0.0469 e. The molecule has 1 saturated heterocycles. The molecule has 2 fully saturated rings. The Labute approximate surface area is 97.2 Å². The second-order valence-electron chi connectivity index (χ2n) is 5.83. The van der Waals surface area contributed by atoms with Crippen LogP contribution in [0.2, 0.25) is 0 Å². The first-order chi connectivity index (χ1) is 7.90. The molecule has 1 heterocycles. The minimum absolute atomic E-state index is 0.373. The molecular weight excluding hydrogens is 194 g/mol. The largest absolute Gasteiger partial charge is 0.307 e. The maximum atomic E-state index is 3.89. The first-order valence-electron chi connectivity index (χ1n) is 6.73. The van der Waals surface area contributed by atoms with Crippen molar-refractivity contribution >= 4 is 0 Å². The molecule has 0 radical (unpaired) electrons. The van der Waals surface area contributed by atoms with Gasteiger partial charge in [0.1, 0.15) is 0 Å². The Morgan fingerprint density at radius 2 is 2.12 bits per heavy atom. The third kappa shape index (κ3) is 1.00. The second-order valence-corrected chi connectivity index (χ2v) is 5.83. The fraction of sp³-hybridized carbons (Fsp3) is 0.600. The van der Waals surface area contributed by atoms with Gasteiger partial charge in [-0.3, -0.25) is 0 Å². The summed E-state index contributed by atoms with van der Waals surface area (Å²) in [5.74, 6) is 1.84. The van der Waals surface area contributed by atoms with Crippen LogP contribution >= 0.6 is 0 Å². The van der Waals surface area contributed by atoms with Crippen LogP contribution in [-0.2, 0) is 12.0 Å². The third-order valence-electron chi connectivity index (χ3n) is 5.20. The molecule has 3 unspecified atom stereocenters. The van der Waals surface area contributed by atoms with Gasteiger partial charge in [-0.25, -0.2) is 0 Å². The number of nitrogens with one attached hydrogen (secondary N) is 1. The van der Waals surface area contributed by atoms with Gasteiger partial charge in [-0.15, -0.1) is 0 Å². The zero-order valence-corrected chi connectivity index (χ0v) is 9.71. The number of fused-ring (bicyclic) bond motifs is 1.